The van der Waals surface area contributed by atoms with E-state index in [1.165, 1.54) is 9.80 Å². The van der Waals surface area contributed by atoms with Crippen molar-refractivity contribution in [2.24, 2.45) is 23.7 Å². The van der Waals surface area contributed by atoms with Crippen LogP contribution in [0.1, 0.15) is 30.0 Å². The van der Waals surface area contributed by atoms with E-state index in [9.17, 15) is 29.4 Å². The quantitative estimate of drug-likeness (QED) is 0.105. The number of nitrogens with zero attached hydrogens (tertiary/aromatic N) is 2. The Bertz CT molecular complexity index is 2020. The first-order valence-electron chi connectivity index (χ1n) is 17.9. The van der Waals surface area contributed by atoms with Crippen LogP contribution in [0.15, 0.2) is 140 Å². The molecule has 0 heterocycles. The number of carbonyl (C=O) groups is 4. The predicted molar refractivity (Wildman–Crippen MR) is 202 cm³/mol. The summed E-state index contributed by atoms with van der Waals surface area (Å²) in [5.74, 6) is -7.37. The highest BCUT2D eigenvalue weighted by Gasteiger charge is 2.64. The molecule has 4 atom stereocenters. The Morgan fingerprint density at radius 1 is 0.463 bits per heavy atom. The zero-order valence-electron chi connectivity index (χ0n) is 29.9. The first-order valence-corrected chi connectivity index (χ1v) is 17.9. The summed E-state index contributed by atoms with van der Waals surface area (Å²) in [7, 11) is 0. The number of carbonyl (C=O) groups excluding carboxylic acids is 2. The van der Waals surface area contributed by atoms with Crippen LogP contribution in [-0.2, 0) is 38.8 Å². The Kier molecular flexibility index (Phi) is 12.0. The van der Waals surface area contributed by atoms with E-state index in [-0.39, 0.29) is 26.2 Å². The van der Waals surface area contributed by atoms with E-state index in [0.717, 1.165) is 16.7 Å². The molecule has 0 spiro atoms. The smallest absolute Gasteiger partial charge is 0.308 e. The second-order valence-electron chi connectivity index (χ2n) is 13.3. The lowest BCUT2D eigenvalue weighted by atomic mass is 9.55. The number of benzene rings is 5. The van der Waals surface area contributed by atoms with Crippen molar-refractivity contribution >= 4 is 23.8 Å². The highest BCUT2D eigenvalue weighted by molar-refractivity contribution is 5.99. The molecule has 1 aliphatic rings. The number of ether oxygens (including phenoxy) is 2. The molecule has 5 aromatic carbocycles. The van der Waals surface area contributed by atoms with Crippen LogP contribution in [0.3, 0.4) is 0 Å². The van der Waals surface area contributed by atoms with Gasteiger partial charge >= 0.3 is 11.9 Å². The van der Waals surface area contributed by atoms with Gasteiger partial charge in [0.1, 0.15) is 23.0 Å². The van der Waals surface area contributed by atoms with Crippen LogP contribution in [0, 0.1) is 23.7 Å². The number of carboxylic acids is 2. The Labute approximate surface area is 314 Å². The summed E-state index contributed by atoms with van der Waals surface area (Å²) in [6.45, 7) is 2.54. The summed E-state index contributed by atoms with van der Waals surface area (Å²) >= 11 is 0. The van der Waals surface area contributed by atoms with Gasteiger partial charge in [-0.2, -0.15) is 0 Å². The topological polar surface area (TPSA) is 134 Å². The van der Waals surface area contributed by atoms with Gasteiger partial charge in [0.05, 0.1) is 23.7 Å². The number of rotatable bonds is 16. The van der Waals surface area contributed by atoms with Crippen LogP contribution in [0.4, 0.5) is 0 Å². The van der Waals surface area contributed by atoms with Crippen molar-refractivity contribution in [1.82, 2.24) is 9.80 Å². The van der Waals surface area contributed by atoms with Crippen molar-refractivity contribution in [1.29, 1.82) is 0 Å². The summed E-state index contributed by atoms with van der Waals surface area (Å²) in [4.78, 5) is 57.4. The normalized spacial score (nSPS) is 17.4. The molecule has 6 rings (SSSR count). The first kappa shape index (κ1) is 37.3. The molecule has 2 N–H and O–H groups in total. The van der Waals surface area contributed by atoms with Crippen molar-refractivity contribution < 1.29 is 38.9 Å². The number of para-hydroxylation sites is 2. The molecule has 54 heavy (non-hydrogen) atoms. The Balaban J connectivity index is 1.25. The van der Waals surface area contributed by atoms with E-state index >= 15 is 0 Å². The van der Waals surface area contributed by atoms with E-state index in [4.69, 9.17) is 9.47 Å². The minimum atomic E-state index is -1.58. The lowest BCUT2D eigenvalue weighted by molar-refractivity contribution is -0.188. The summed E-state index contributed by atoms with van der Waals surface area (Å²) in [6, 6.07) is 42.3. The van der Waals surface area contributed by atoms with E-state index < -0.39 is 47.4 Å². The number of hydrogen-bond donors (Lipinski definition) is 2. The SMILES string of the molecule is CCCN(Cc1ccc(Oc2ccccc2)cc1)C(=O)C1C(C(=O)O)C(C(=O)O)C1C(=O)N(Cc1ccccc1)Cc1ccc(Oc2ccccc2)cc1. The molecular weight excluding hydrogens is 684 g/mol. The number of aliphatic carboxylic acids is 2. The van der Waals surface area contributed by atoms with Gasteiger partial charge in [0, 0.05) is 26.2 Å². The molecule has 0 aliphatic heterocycles. The van der Waals surface area contributed by atoms with Gasteiger partial charge in [-0.25, -0.2) is 0 Å². The fourth-order valence-electron chi connectivity index (χ4n) is 6.97. The lowest BCUT2D eigenvalue weighted by Gasteiger charge is -2.48. The van der Waals surface area contributed by atoms with Gasteiger partial charge < -0.3 is 29.5 Å². The minimum Gasteiger partial charge on any atom is -0.481 e. The van der Waals surface area contributed by atoms with Crippen molar-refractivity contribution in [2.45, 2.75) is 33.0 Å². The number of hydrogen-bond acceptors (Lipinski definition) is 6. The average molecular weight is 727 g/mol. The van der Waals surface area contributed by atoms with Gasteiger partial charge in [0.15, 0.2) is 0 Å². The Morgan fingerprint density at radius 3 is 1.19 bits per heavy atom. The molecule has 10 nitrogen and oxygen atoms in total. The highest BCUT2D eigenvalue weighted by Crippen LogP contribution is 2.49. The monoisotopic (exact) mass is 726 g/mol. The third-order valence-corrected chi connectivity index (χ3v) is 9.57. The molecule has 0 bridgehead atoms. The zero-order chi connectivity index (χ0) is 38.0. The van der Waals surface area contributed by atoms with Crippen LogP contribution in [-0.4, -0.2) is 50.3 Å². The number of carboxylic acid groups (broad SMARTS) is 2. The maximum Gasteiger partial charge on any atom is 0.308 e. The summed E-state index contributed by atoms with van der Waals surface area (Å²) < 4.78 is 11.8. The number of amides is 2. The minimum absolute atomic E-state index is 0.0942. The van der Waals surface area contributed by atoms with Crippen LogP contribution in [0.2, 0.25) is 0 Å². The maximum atomic E-state index is 14.6. The first-order chi connectivity index (χ1) is 26.2. The second-order valence-corrected chi connectivity index (χ2v) is 13.3. The van der Waals surface area contributed by atoms with E-state index in [1.807, 2.05) is 122 Å². The van der Waals surface area contributed by atoms with Gasteiger partial charge in [-0.05, 0) is 71.6 Å². The Morgan fingerprint density at radius 2 is 0.796 bits per heavy atom. The van der Waals surface area contributed by atoms with Crippen molar-refractivity contribution in [3.8, 4) is 23.0 Å². The fourth-order valence-corrected chi connectivity index (χ4v) is 6.97. The van der Waals surface area contributed by atoms with Crippen molar-refractivity contribution in [3.63, 3.8) is 0 Å². The van der Waals surface area contributed by atoms with Gasteiger partial charge in [-0.15, -0.1) is 0 Å². The molecule has 1 saturated carbocycles. The molecule has 1 aliphatic carbocycles. The lowest BCUT2D eigenvalue weighted by Crippen LogP contribution is -2.64. The maximum absolute atomic E-state index is 14.6. The van der Waals surface area contributed by atoms with Gasteiger partial charge in [0.25, 0.3) is 0 Å². The molecule has 0 radical (unpaired) electrons. The molecule has 0 aromatic heterocycles. The van der Waals surface area contributed by atoms with Crippen LogP contribution in [0.5, 0.6) is 23.0 Å². The zero-order valence-corrected chi connectivity index (χ0v) is 29.9. The standard InChI is InChI=1S/C44H42N2O8/c1-2-26-45(27-31-18-22-35(23-19-31)53-33-14-8-4-9-15-33)41(47)37-38(40(44(51)52)39(37)43(49)50)42(48)46(28-30-12-6-3-7-13-30)29-32-20-24-36(25-21-32)54-34-16-10-5-11-17-34/h3-25,37-40H,2,26-29H2,1H3,(H,49,50)(H,51,52). The van der Waals surface area contributed by atoms with Gasteiger partial charge in [-0.1, -0.05) is 97.9 Å². The molecule has 276 valence electrons. The van der Waals surface area contributed by atoms with Gasteiger partial charge in [-0.3, -0.25) is 19.2 Å². The van der Waals surface area contributed by atoms with Crippen LogP contribution < -0.4 is 9.47 Å². The van der Waals surface area contributed by atoms with Crippen molar-refractivity contribution in [2.75, 3.05) is 6.54 Å². The average Bonchev–Trinajstić information content (AvgIpc) is 3.16. The molecule has 2 amide bonds. The summed E-state index contributed by atoms with van der Waals surface area (Å²) in [5, 5.41) is 20.6. The highest BCUT2D eigenvalue weighted by atomic mass is 16.5. The van der Waals surface area contributed by atoms with E-state index in [2.05, 4.69) is 0 Å². The molecule has 10 heteroatoms. The summed E-state index contributed by atoms with van der Waals surface area (Å²) in [5.41, 5.74) is 2.31. The molecule has 4 unspecified atom stereocenters. The summed E-state index contributed by atoms with van der Waals surface area (Å²) in [6.07, 6.45) is 0.566. The molecular formula is C44H42N2O8. The third-order valence-electron chi connectivity index (χ3n) is 9.57. The molecule has 5 aromatic rings. The predicted octanol–water partition coefficient (Wildman–Crippen LogP) is 7.89. The van der Waals surface area contributed by atoms with Crippen LogP contribution in [0.25, 0.3) is 0 Å². The largest absolute Gasteiger partial charge is 0.481 e. The Hall–Kier alpha value is -6.42. The van der Waals surface area contributed by atoms with Crippen LogP contribution >= 0.6 is 0 Å². The van der Waals surface area contributed by atoms with Crippen molar-refractivity contribution in [3.05, 3.63) is 156 Å². The van der Waals surface area contributed by atoms with Gasteiger partial charge in [0.2, 0.25) is 11.8 Å². The second kappa shape index (κ2) is 17.4. The molecule has 0 saturated heterocycles. The van der Waals surface area contributed by atoms with E-state index in [1.54, 1.807) is 24.3 Å². The van der Waals surface area contributed by atoms with E-state index in [0.29, 0.717) is 29.4 Å². The molecule has 1 fully saturated rings. The fraction of sp³-hybridized carbons (Fsp3) is 0.227. The third kappa shape index (κ3) is 8.95.